The number of carbonyl (C=O) groups excluding carboxylic acids is 1. The van der Waals surface area contributed by atoms with Crippen molar-refractivity contribution in [2.75, 3.05) is 0 Å². The molecule has 130 valence electrons. The number of allylic oxidation sites excluding steroid dienone is 2. The summed E-state index contributed by atoms with van der Waals surface area (Å²) in [6, 6.07) is 1.53. The number of fused-ring (bicyclic) bond motifs is 3. The van der Waals surface area contributed by atoms with Crippen LogP contribution < -0.4 is 0 Å². The normalized spacial score (nSPS) is 25.8. The molecule has 0 spiro atoms. The van der Waals surface area contributed by atoms with Gasteiger partial charge >= 0.3 is 0 Å². The summed E-state index contributed by atoms with van der Waals surface area (Å²) in [5.41, 5.74) is 0.108. The van der Waals surface area contributed by atoms with Crippen LogP contribution in [0, 0.1) is 5.41 Å². The number of ketones is 1. The zero-order valence-corrected chi connectivity index (χ0v) is 15.0. The summed E-state index contributed by atoms with van der Waals surface area (Å²) in [6.07, 6.45) is 4.50. The molecule has 0 saturated heterocycles. The van der Waals surface area contributed by atoms with Crippen LogP contribution in [0.5, 0.6) is 11.5 Å². The SMILES string of the molecule is CC1(C)CCC[C@]2(C)C1=CC(=O)c1cc(C(C)(C)O)c(O)c(O)c12. The topological polar surface area (TPSA) is 77.8 Å². The average Bonchev–Trinajstić information content (AvgIpc) is 2.43. The van der Waals surface area contributed by atoms with Crippen LogP contribution in [-0.2, 0) is 11.0 Å². The Morgan fingerprint density at radius 1 is 1.08 bits per heavy atom. The second kappa shape index (κ2) is 4.85. The molecule has 24 heavy (non-hydrogen) atoms. The van der Waals surface area contributed by atoms with Crippen LogP contribution in [0.4, 0.5) is 0 Å². The summed E-state index contributed by atoms with van der Waals surface area (Å²) in [4.78, 5) is 12.8. The van der Waals surface area contributed by atoms with Gasteiger partial charge in [-0.15, -0.1) is 0 Å². The van der Waals surface area contributed by atoms with Crippen molar-refractivity contribution in [3.05, 3.63) is 34.4 Å². The van der Waals surface area contributed by atoms with Crippen LogP contribution in [0.15, 0.2) is 17.7 Å². The molecule has 2 aliphatic rings. The maximum absolute atomic E-state index is 12.8. The minimum Gasteiger partial charge on any atom is -0.504 e. The number of phenols is 2. The minimum atomic E-state index is -1.35. The van der Waals surface area contributed by atoms with Gasteiger partial charge in [0.15, 0.2) is 17.3 Å². The Bertz CT molecular complexity index is 765. The van der Waals surface area contributed by atoms with E-state index in [9.17, 15) is 20.1 Å². The average molecular weight is 330 g/mol. The van der Waals surface area contributed by atoms with E-state index < -0.39 is 11.0 Å². The zero-order valence-electron chi connectivity index (χ0n) is 15.0. The monoisotopic (exact) mass is 330 g/mol. The highest BCUT2D eigenvalue weighted by Crippen LogP contribution is 2.58. The maximum Gasteiger partial charge on any atom is 0.186 e. The van der Waals surface area contributed by atoms with Crippen molar-refractivity contribution in [3.63, 3.8) is 0 Å². The van der Waals surface area contributed by atoms with E-state index in [0.29, 0.717) is 11.1 Å². The molecule has 0 radical (unpaired) electrons. The summed E-state index contributed by atoms with van der Waals surface area (Å²) in [5.74, 6) is -0.781. The van der Waals surface area contributed by atoms with Gasteiger partial charge in [-0.3, -0.25) is 4.79 Å². The lowest BCUT2D eigenvalue weighted by atomic mass is 9.55. The van der Waals surface area contributed by atoms with Crippen molar-refractivity contribution in [2.24, 2.45) is 5.41 Å². The lowest BCUT2D eigenvalue weighted by molar-refractivity contribution is 0.0750. The lowest BCUT2D eigenvalue weighted by Crippen LogP contribution is -2.41. The second-order valence-corrected chi connectivity index (χ2v) is 8.59. The predicted octanol–water partition coefficient (Wildman–Crippen LogP) is 3.92. The third-order valence-corrected chi connectivity index (χ3v) is 5.83. The van der Waals surface area contributed by atoms with E-state index in [-0.39, 0.29) is 28.3 Å². The maximum atomic E-state index is 12.8. The first-order valence-corrected chi connectivity index (χ1v) is 8.49. The zero-order chi connectivity index (χ0) is 18.1. The molecule has 3 rings (SSSR count). The number of hydrogen-bond acceptors (Lipinski definition) is 4. The molecular weight excluding hydrogens is 304 g/mol. The highest BCUT2D eigenvalue weighted by atomic mass is 16.3. The van der Waals surface area contributed by atoms with Gasteiger partial charge in [-0.2, -0.15) is 0 Å². The summed E-state index contributed by atoms with van der Waals surface area (Å²) in [5, 5.41) is 31.5. The van der Waals surface area contributed by atoms with E-state index in [1.165, 1.54) is 19.9 Å². The third kappa shape index (κ3) is 2.20. The number of phenolic OH excluding ortho intramolecular Hbond substituents is 2. The molecule has 2 aliphatic carbocycles. The van der Waals surface area contributed by atoms with Crippen molar-refractivity contribution < 1.29 is 20.1 Å². The Morgan fingerprint density at radius 2 is 1.71 bits per heavy atom. The van der Waals surface area contributed by atoms with Crippen LogP contribution in [0.3, 0.4) is 0 Å². The van der Waals surface area contributed by atoms with Gasteiger partial charge in [0.1, 0.15) is 0 Å². The van der Waals surface area contributed by atoms with Crippen LogP contribution in [0.1, 0.15) is 75.4 Å². The Labute approximate surface area is 142 Å². The van der Waals surface area contributed by atoms with E-state index in [1.807, 2.05) is 6.92 Å². The number of aliphatic hydroxyl groups is 1. The van der Waals surface area contributed by atoms with Crippen LogP contribution in [-0.4, -0.2) is 21.1 Å². The van der Waals surface area contributed by atoms with Crippen molar-refractivity contribution in [3.8, 4) is 11.5 Å². The minimum absolute atomic E-state index is 0.128. The number of carbonyl (C=O) groups is 1. The van der Waals surface area contributed by atoms with Gasteiger partial charge in [-0.05, 0) is 44.2 Å². The predicted molar refractivity (Wildman–Crippen MR) is 92.4 cm³/mol. The highest BCUT2D eigenvalue weighted by Gasteiger charge is 2.49. The molecule has 1 saturated carbocycles. The number of rotatable bonds is 1. The number of hydrogen-bond donors (Lipinski definition) is 3. The van der Waals surface area contributed by atoms with Gasteiger partial charge in [0, 0.05) is 22.1 Å². The standard InChI is InChI=1S/C20H26O4/c1-18(2)7-6-8-20(5)14(18)10-13(21)11-9-12(19(3,4)24)16(22)17(23)15(11)20/h9-10,22-24H,6-8H2,1-5H3/t20-/m1/s1. The molecule has 4 nitrogen and oxygen atoms in total. The molecule has 1 fully saturated rings. The van der Waals surface area contributed by atoms with E-state index in [1.54, 1.807) is 6.08 Å². The summed E-state index contributed by atoms with van der Waals surface area (Å²) < 4.78 is 0. The molecule has 0 aliphatic heterocycles. The highest BCUT2D eigenvalue weighted by molar-refractivity contribution is 6.09. The fraction of sp³-hybridized carbons (Fsp3) is 0.550. The molecule has 3 N–H and O–H groups in total. The molecule has 0 unspecified atom stereocenters. The van der Waals surface area contributed by atoms with Crippen molar-refractivity contribution in [1.82, 2.24) is 0 Å². The Kier molecular flexibility index (Phi) is 3.44. The largest absolute Gasteiger partial charge is 0.504 e. The van der Waals surface area contributed by atoms with E-state index in [4.69, 9.17) is 0 Å². The fourth-order valence-corrected chi connectivity index (χ4v) is 4.60. The van der Waals surface area contributed by atoms with Gasteiger partial charge in [0.2, 0.25) is 0 Å². The summed E-state index contributed by atoms with van der Waals surface area (Å²) in [7, 11) is 0. The molecule has 0 aromatic heterocycles. The van der Waals surface area contributed by atoms with Gasteiger partial charge in [0.25, 0.3) is 0 Å². The Hall–Kier alpha value is -1.81. The van der Waals surface area contributed by atoms with E-state index >= 15 is 0 Å². The van der Waals surface area contributed by atoms with Crippen molar-refractivity contribution in [2.45, 2.75) is 64.9 Å². The Morgan fingerprint density at radius 3 is 2.29 bits per heavy atom. The lowest BCUT2D eigenvalue weighted by Gasteiger charge is -2.49. The summed E-state index contributed by atoms with van der Waals surface area (Å²) >= 11 is 0. The third-order valence-electron chi connectivity index (χ3n) is 5.83. The molecule has 0 amide bonds. The molecule has 1 aromatic carbocycles. The van der Waals surface area contributed by atoms with Gasteiger partial charge in [-0.25, -0.2) is 0 Å². The quantitative estimate of drug-likeness (QED) is 0.682. The van der Waals surface area contributed by atoms with Gasteiger partial charge < -0.3 is 15.3 Å². The first-order chi connectivity index (χ1) is 10.9. The molecule has 4 heteroatoms. The van der Waals surface area contributed by atoms with Gasteiger partial charge in [0.05, 0.1) is 5.60 Å². The molecular formula is C20H26O4. The molecule has 0 heterocycles. The first kappa shape index (κ1) is 17.0. The van der Waals surface area contributed by atoms with E-state index in [0.717, 1.165) is 24.8 Å². The van der Waals surface area contributed by atoms with Crippen molar-refractivity contribution >= 4 is 5.78 Å². The molecule has 0 bridgehead atoms. The van der Waals surface area contributed by atoms with E-state index in [2.05, 4.69) is 13.8 Å². The van der Waals surface area contributed by atoms with Crippen LogP contribution in [0.25, 0.3) is 0 Å². The van der Waals surface area contributed by atoms with Crippen LogP contribution >= 0.6 is 0 Å². The first-order valence-electron chi connectivity index (χ1n) is 8.49. The second-order valence-electron chi connectivity index (χ2n) is 8.59. The number of benzene rings is 1. The fourth-order valence-electron chi connectivity index (χ4n) is 4.60. The van der Waals surface area contributed by atoms with Crippen molar-refractivity contribution in [1.29, 1.82) is 0 Å². The summed E-state index contributed by atoms with van der Waals surface area (Å²) in [6.45, 7) is 9.32. The van der Waals surface area contributed by atoms with Crippen LogP contribution in [0.2, 0.25) is 0 Å². The molecule has 1 atom stereocenters. The molecule has 1 aromatic rings. The number of aromatic hydroxyl groups is 2. The van der Waals surface area contributed by atoms with Gasteiger partial charge in [-0.1, -0.05) is 32.8 Å². The Balaban J connectivity index is 2.34. The smallest absolute Gasteiger partial charge is 0.186 e.